The third-order valence-corrected chi connectivity index (χ3v) is 8.22. The van der Waals surface area contributed by atoms with E-state index >= 15 is 0 Å². The zero-order valence-electron chi connectivity index (χ0n) is 20.1. The number of hydrogen-bond donors (Lipinski definition) is 0. The van der Waals surface area contributed by atoms with Crippen LogP contribution in [-0.4, -0.2) is 0 Å². The van der Waals surface area contributed by atoms with Crippen molar-refractivity contribution in [1.82, 2.24) is 0 Å². The molecule has 4 unspecified atom stereocenters. The van der Waals surface area contributed by atoms with Gasteiger partial charge in [0.25, 0.3) is 0 Å². The highest BCUT2D eigenvalue weighted by Gasteiger charge is 2.47. The van der Waals surface area contributed by atoms with Crippen molar-refractivity contribution in [3.63, 3.8) is 0 Å². The first-order valence-electron chi connectivity index (χ1n) is 11.5. The lowest BCUT2D eigenvalue weighted by atomic mass is 9.52. The smallest absolute Gasteiger partial charge is 0.0151 e. The van der Waals surface area contributed by atoms with Crippen molar-refractivity contribution >= 4 is 0 Å². The van der Waals surface area contributed by atoms with Gasteiger partial charge in [-0.3, -0.25) is 0 Å². The molecule has 2 saturated carbocycles. The minimum absolute atomic E-state index is 0.720. The molecule has 0 N–H and O–H groups in total. The van der Waals surface area contributed by atoms with E-state index in [1.807, 2.05) is 0 Å². The molecule has 2 aliphatic carbocycles. The maximum Gasteiger partial charge on any atom is -0.0151 e. The average molecular weight is 363 g/mol. The van der Waals surface area contributed by atoms with Gasteiger partial charge in [0, 0.05) is 0 Å². The summed E-state index contributed by atoms with van der Waals surface area (Å²) in [6, 6.07) is 0. The quantitative estimate of drug-likeness (QED) is 0.442. The molecule has 4 atom stereocenters. The second kappa shape index (κ2) is 9.29. The molecule has 0 amide bonds. The van der Waals surface area contributed by atoms with E-state index < -0.39 is 0 Å². The maximum absolute atomic E-state index is 4.32. The zero-order valence-corrected chi connectivity index (χ0v) is 20.1. The fourth-order valence-electron chi connectivity index (χ4n) is 7.56. The van der Waals surface area contributed by atoms with Gasteiger partial charge < -0.3 is 0 Å². The third-order valence-electron chi connectivity index (χ3n) is 8.22. The molecule has 154 valence electrons. The van der Waals surface area contributed by atoms with Crippen molar-refractivity contribution in [2.24, 2.45) is 71.0 Å². The van der Waals surface area contributed by atoms with Crippen LogP contribution in [-0.2, 0) is 0 Å². The van der Waals surface area contributed by atoms with Gasteiger partial charge in [-0.1, -0.05) is 95.2 Å². The first-order valence-corrected chi connectivity index (χ1v) is 11.5. The predicted molar refractivity (Wildman–Crippen MR) is 119 cm³/mol. The molecule has 2 fully saturated rings. The molecular weight excluding hydrogens is 312 g/mol. The normalized spacial score (nSPS) is 40.2. The molecule has 26 heavy (non-hydrogen) atoms. The summed E-state index contributed by atoms with van der Waals surface area (Å²) in [6.45, 7) is 32.8. The van der Waals surface area contributed by atoms with Gasteiger partial charge in [0.1, 0.15) is 0 Å². The third kappa shape index (κ3) is 4.59. The molecule has 2 rings (SSSR count). The van der Waals surface area contributed by atoms with Crippen LogP contribution in [0.1, 0.15) is 83.1 Å². The largest absolute Gasteiger partial charge is 0.0993 e. The van der Waals surface area contributed by atoms with E-state index in [2.05, 4.69) is 89.7 Å². The number of allylic oxidation sites excluding steroid dienone is 1. The van der Waals surface area contributed by atoms with Crippen LogP contribution in [0.25, 0.3) is 0 Å². The van der Waals surface area contributed by atoms with Crippen LogP contribution >= 0.6 is 0 Å². The van der Waals surface area contributed by atoms with Crippen LogP contribution in [0, 0.1) is 71.0 Å². The Morgan fingerprint density at radius 1 is 0.538 bits per heavy atom. The molecular formula is C26H50. The van der Waals surface area contributed by atoms with Crippen molar-refractivity contribution in [2.45, 2.75) is 83.1 Å². The van der Waals surface area contributed by atoms with E-state index in [-0.39, 0.29) is 0 Å². The molecule has 0 spiro atoms. The topological polar surface area (TPSA) is 0 Å². The molecule has 0 aromatic heterocycles. The standard InChI is InChI=1S/C14H26.C12H24/c1-8(2)13-10(5)11(6)14(9(3)4)12(13)7;1-7(2)11-9(5)12(8(3)4)10(11)6/h8-9,11-14H,5H2,1-4,6-7H3;7-12H,1-6H3. The summed E-state index contributed by atoms with van der Waals surface area (Å²) in [5.41, 5.74) is 1.51. The van der Waals surface area contributed by atoms with Crippen molar-refractivity contribution in [2.75, 3.05) is 0 Å². The second-order valence-electron chi connectivity index (χ2n) is 11.2. The molecule has 0 aromatic rings. The Balaban J connectivity index is 0.000000263. The Morgan fingerprint density at radius 2 is 0.885 bits per heavy atom. The lowest BCUT2D eigenvalue weighted by Crippen LogP contribution is -2.48. The first-order chi connectivity index (χ1) is 11.8. The van der Waals surface area contributed by atoms with Crippen molar-refractivity contribution in [1.29, 1.82) is 0 Å². The van der Waals surface area contributed by atoms with Crippen molar-refractivity contribution < 1.29 is 0 Å². The molecule has 0 radical (unpaired) electrons. The van der Waals surface area contributed by atoms with Crippen LogP contribution in [0.2, 0.25) is 0 Å². The molecule has 0 aromatic carbocycles. The molecule has 0 heteroatoms. The molecule has 0 bridgehead atoms. The fourth-order valence-corrected chi connectivity index (χ4v) is 7.56. The summed E-state index contributed by atoms with van der Waals surface area (Å²) < 4.78 is 0. The molecule has 0 aliphatic heterocycles. The van der Waals surface area contributed by atoms with Gasteiger partial charge in [0.15, 0.2) is 0 Å². The highest BCUT2D eigenvalue weighted by atomic mass is 14.5. The predicted octanol–water partition coefficient (Wildman–Crippen LogP) is 8.19. The summed E-state index contributed by atoms with van der Waals surface area (Å²) in [5.74, 6) is 10.3. The van der Waals surface area contributed by atoms with Crippen LogP contribution in [0.4, 0.5) is 0 Å². The van der Waals surface area contributed by atoms with Crippen LogP contribution in [0.3, 0.4) is 0 Å². The zero-order chi connectivity index (χ0) is 20.5. The molecule has 2 aliphatic rings. The monoisotopic (exact) mass is 362 g/mol. The van der Waals surface area contributed by atoms with E-state index in [1.54, 1.807) is 0 Å². The number of rotatable bonds is 4. The van der Waals surface area contributed by atoms with E-state index in [0.29, 0.717) is 0 Å². The number of hydrogen-bond acceptors (Lipinski definition) is 0. The Morgan fingerprint density at radius 3 is 1.08 bits per heavy atom. The minimum atomic E-state index is 0.720. The minimum Gasteiger partial charge on any atom is -0.0993 e. The summed E-state index contributed by atoms with van der Waals surface area (Å²) in [6.07, 6.45) is 0. The van der Waals surface area contributed by atoms with E-state index in [1.165, 1.54) is 5.57 Å². The van der Waals surface area contributed by atoms with Gasteiger partial charge in [-0.25, -0.2) is 0 Å². The molecule has 0 nitrogen and oxygen atoms in total. The van der Waals surface area contributed by atoms with Crippen molar-refractivity contribution in [3.8, 4) is 0 Å². The Labute approximate surface area is 166 Å². The Bertz CT molecular complexity index is 415. The summed E-state index contributed by atoms with van der Waals surface area (Å²) >= 11 is 0. The average Bonchev–Trinajstić information content (AvgIpc) is 2.68. The van der Waals surface area contributed by atoms with Gasteiger partial charge in [-0.05, 0) is 71.0 Å². The lowest BCUT2D eigenvalue weighted by Gasteiger charge is -2.53. The van der Waals surface area contributed by atoms with Gasteiger partial charge in [0.2, 0.25) is 0 Å². The van der Waals surface area contributed by atoms with Gasteiger partial charge in [0.05, 0.1) is 0 Å². The Kier molecular flexibility index (Phi) is 8.50. The SMILES string of the molecule is C=C1C(C)C(C(C)C)C(C)C1C(C)C.CC(C)C1C(C)C(C(C)C)C1C. The van der Waals surface area contributed by atoms with Gasteiger partial charge >= 0.3 is 0 Å². The van der Waals surface area contributed by atoms with Crippen LogP contribution < -0.4 is 0 Å². The second-order valence-corrected chi connectivity index (χ2v) is 11.2. The molecule has 0 saturated heterocycles. The van der Waals surface area contributed by atoms with E-state index in [9.17, 15) is 0 Å². The maximum atomic E-state index is 4.32. The summed E-state index contributed by atoms with van der Waals surface area (Å²) in [7, 11) is 0. The van der Waals surface area contributed by atoms with Gasteiger partial charge in [-0.2, -0.15) is 0 Å². The highest BCUT2D eigenvalue weighted by Crippen LogP contribution is 2.52. The van der Waals surface area contributed by atoms with E-state index in [4.69, 9.17) is 0 Å². The Hall–Kier alpha value is -0.260. The lowest BCUT2D eigenvalue weighted by molar-refractivity contribution is -0.0557. The summed E-state index contributed by atoms with van der Waals surface area (Å²) in [4.78, 5) is 0. The van der Waals surface area contributed by atoms with Gasteiger partial charge in [-0.15, -0.1) is 0 Å². The first kappa shape index (κ1) is 23.8. The van der Waals surface area contributed by atoms with E-state index in [0.717, 1.165) is 71.0 Å². The van der Waals surface area contributed by atoms with Crippen molar-refractivity contribution in [3.05, 3.63) is 12.2 Å². The fraction of sp³-hybridized carbons (Fsp3) is 0.923. The highest BCUT2D eigenvalue weighted by molar-refractivity contribution is 5.16. The summed E-state index contributed by atoms with van der Waals surface area (Å²) in [5, 5.41) is 0. The van der Waals surface area contributed by atoms with Crippen LogP contribution in [0.15, 0.2) is 12.2 Å². The molecule has 0 heterocycles. The van der Waals surface area contributed by atoms with Crippen LogP contribution in [0.5, 0.6) is 0 Å².